The molecule has 11 nitrogen and oxygen atoms in total. The summed E-state index contributed by atoms with van der Waals surface area (Å²) in [5, 5.41) is 0.113. The summed E-state index contributed by atoms with van der Waals surface area (Å²) in [6.07, 6.45) is -0.427. The van der Waals surface area contributed by atoms with Gasteiger partial charge in [0.05, 0.1) is 27.5 Å². The fraction of sp³-hybridized carbons (Fsp3) is 0.472. The number of carbonyl (C=O) groups is 1. The molecule has 3 aromatic rings. The zero-order valence-corrected chi connectivity index (χ0v) is 32.0. The molecular weight excluding hydrogens is 681 g/mol. The van der Waals surface area contributed by atoms with Crippen LogP contribution in [0.15, 0.2) is 40.8 Å². The first-order valence-electron chi connectivity index (χ1n) is 16.7. The second-order valence-corrected chi connectivity index (χ2v) is 16.8. The first kappa shape index (κ1) is 37.6. The number of aromatic nitrogens is 1. The van der Waals surface area contributed by atoms with E-state index in [-0.39, 0.29) is 51.6 Å². The van der Waals surface area contributed by atoms with Crippen molar-refractivity contribution in [1.29, 1.82) is 0 Å². The highest BCUT2D eigenvalue weighted by atomic mass is 35.5. The zero-order valence-electron chi connectivity index (χ0n) is 30.5. The number of pyridine rings is 1. The van der Waals surface area contributed by atoms with Gasteiger partial charge in [-0.25, -0.2) is 18.5 Å². The van der Waals surface area contributed by atoms with E-state index in [4.69, 9.17) is 27.1 Å². The van der Waals surface area contributed by atoms with Gasteiger partial charge in [-0.1, -0.05) is 43.6 Å². The van der Waals surface area contributed by atoms with Crippen LogP contribution in [-0.4, -0.2) is 85.6 Å². The quantitative estimate of drug-likeness (QED) is 0.222. The molecule has 2 aromatic carbocycles. The molecule has 2 aliphatic heterocycles. The summed E-state index contributed by atoms with van der Waals surface area (Å²) in [6, 6.07) is 9.42. The normalized spacial score (nSPS) is 19.8. The van der Waals surface area contributed by atoms with E-state index in [9.17, 15) is 13.9 Å². The van der Waals surface area contributed by atoms with Crippen molar-refractivity contribution in [3.8, 4) is 11.3 Å². The van der Waals surface area contributed by atoms with Crippen LogP contribution in [0.3, 0.4) is 0 Å². The highest BCUT2D eigenvalue weighted by molar-refractivity contribution is 8.24. The van der Waals surface area contributed by atoms with Crippen LogP contribution in [0, 0.1) is 12.7 Å². The van der Waals surface area contributed by atoms with Crippen molar-refractivity contribution < 1.29 is 23.0 Å². The lowest BCUT2D eigenvalue weighted by Gasteiger charge is -2.49. The van der Waals surface area contributed by atoms with Gasteiger partial charge in [0.1, 0.15) is 11.4 Å². The number of nitrogens with two attached hydrogens (primary N) is 1. The predicted octanol–water partition coefficient (Wildman–Crippen LogP) is 8.43. The second-order valence-electron chi connectivity index (χ2n) is 14.8. The fourth-order valence-corrected chi connectivity index (χ4v) is 8.20. The molecule has 2 unspecified atom stereocenters. The Morgan fingerprint density at radius 3 is 2.44 bits per heavy atom. The van der Waals surface area contributed by atoms with Crippen LogP contribution in [-0.2, 0) is 11.3 Å². The van der Waals surface area contributed by atoms with Gasteiger partial charge < -0.3 is 25.2 Å². The Kier molecular flexibility index (Phi) is 10.4. The molecule has 0 radical (unpaired) electrons. The summed E-state index contributed by atoms with van der Waals surface area (Å²) in [4.78, 5) is 23.7. The Balaban J connectivity index is 1.73. The molecular formula is C36H49ClFN7O4S. The number of nitrogen functional groups attached to an aromatic ring is 1. The summed E-state index contributed by atoms with van der Waals surface area (Å²) < 4.78 is 51.4. The number of rotatable bonds is 5. The number of benzene rings is 2. The molecule has 1 aromatic heterocycles. The Hall–Kier alpha value is -3.62. The highest BCUT2D eigenvalue weighted by Gasteiger charge is 2.43. The predicted molar refractivity (Wildman–Crippen MR) is 202 cm³/mol. The van der Waals surface area contributed by atoms with E-state index < -0.39 is 28.5 Å². The van der Waals surface area contributed by atoms with Crippen molar-refractivity contribution in [3.63, 3.8) is 0 Å². The van der Waals surface area contributed by atoms with E-state index in [2.05, 4.69) is 15.4 Å². The van der Waals surface area contributed by atoms with E-state index >= 15 is 4.39 Å². The molecule has 272 valence electrons. The van der Waals surface area contributed by atoms with Crippen LogP contribution in [0.5, 0.6) is 0 Å². The number of nitrogens with zero attached hydrogens (tertiary/aromatic N) is 6. The lowest BCUT2D eigenvalue weighted by molar-refractivity contribution is 0.000495. The lowest BCUT2D eigenvalue weighted by atomic mass is 9.94. The maximum atomic E-state index is 15.4. The molecule has 1 amide bonds. The molecule has 0 aliphatic carbocycles. The van der Waals surface area contributed by atoms with E-state index in [0.717, 1.165) is 16.7 Å². The van der Waals surface area contributed by atoms with Gasteiger partial charge in [0.15, 0.2) is 11.7 Å². The number of carbonyl (C=O) groups excluding carboxylic acids is 1. The smallest absolute Gasteiger partial charge is 0.410 e. The molecule has 4 N–H and O–H groups in total. The summed E-state index contributed by atoms with van der Waals surface area (Å²) in [5.41, 5.74) is 9.50. The Labute approximate surface area is 301 Å². The molecule has 5 rings (SSSR count). The zero-order chi connectivity index (χ0) is 37.0. The standard InChI is InChI=1S/C36H49ClFN7O4S/c1-20(2)25-15-24(19-42(9)10)14-21(3)32(25)45-33-26(16-27(37)31(40-33)30-28(38)12-11-13-29(30)39)34(41-50(45,47)48)43-17-23(5)44(18-22(43)4)35(46)49-36(6,7)8/h11-16,20,22-23,47-48H,17-19,39H2,1-10H3. The monoisotopic (exact) mass is 729 g/mol. The molecule has 2 aliphatic rings. The van der Waals surface area contributed by atoms with Gasteiger partial charge in [-0.05, 0) is 107 Å². The van der Waals surface area contributed by atoms with Gasteiger partial charge in [0.2, 0.25) is 0 Å². The Morgan fingerprint density at radius 2 is 1.84 bits per heavy atom. The van der Waals surface area contributed by atoms with Gasteiger partial charge >= 0.3 is 6.09 Å². The van der Waals surface area contributed by atoms with Gasteiger partial charge in [-0.15, -0.1) is 4.40 Å². The number of halogens is 2. The molecule has 1 saturated heterocycles. The molecule has 3 heterocycles. The van der Waals surface area contributed by atoms with Crippen LogP contribution in [0.1, 0.15) is 76.6 Å². The summed E-state index contributed by atoms with van der Waals surface area (Å²) in [7, 11) is -0.0146. The molecule has 0 bridgehead atoms. The summed E-state index contributed by atoms with van der Waals surface area (Å²) in [5.74, 6) is -0.229. The number of amidine groups is 1. The van der Waals surface area contributed by atoms with Crippen molar-refractivity contribution in [2.45, 2.75) is 85.5 Å². The first-order valence-corrected chi connectivity index (χ1v) is 18.5. The average Bonchev–Trinajstić information content (AvgIpc) is 2.97. The van der Waals surface area contributed by atoms with E-state index in [0.29, 0.717) is 30.9 Å². The number of aryl methyl sites for hydroxylation is 1. The molecule has 2 atom stereocenters. The topological polar surface area (TPSA) is 131 Å². The van der Waals surface area contributed by atoms with Crippen LogP contribution in [0.2, 0.25) is 5.02 Å². The third kappa shape index (κ3) is 7.38. The van der Waals surface area contributed by atoms with Crippen LogP contribution in [0.4, 0.5) is 26.4 Å². The molecule has 0 saturated carbocycles. The van der Waals surface area contributed by atoms with Crippen molar-refractivity contribution in [2.75, 3.05) is 37.2 Å². The van der Waals surface area contributed by atoms with Crippen molar-refractivity contribution in [1.82, 2.24) is 19.7 Å². The highest BCUT2D eigenvalue weighted by Crippen LogP contribution is 2.59. The van der Waals surface area contributed by atoms with Gasteiger partial charge in [-0.2, -0.15) is 0 Å². The molecule has 0 spiro atoms. The number of fused-ring (bicyclic) bond motifs is 1. The maximum Gasteiger partial charge on any atom is 0.410 e. The first-order chi connectivity index (χ1) is 23.2. The van der Waals surface area contributed by atoms with Crippen molar-refractivity contribution >= 4 is 51.7 Å². The minimum absolute atomic E-state index is 0.0101. The van der Waals surface area contributed by atoms with Gasteiger partial charge in [0.25, 0.3) is 0 Å². The van der Waals surface area contributed by atoms with Crippen molar-refractivity contribution in [3.05, 3.63) is 69.5 Å². The van der Waals surface area contributed by atoms with Gasteiger partial charge in [-0.3, -0.25) is 9.11 Å². The van der Waals surface area contributed by atoms with Crippen LogP contribution < -0.4 is 10.0 Å². The van der Waals surface area contributed by atoms with E-state index in [1.807, 2.05) is 80.5 Å². The molecule has 1 fully saturated rings. The third-order valence-electron chi connectivity index (χ3n) is 8.73. The fourth-order valence-electron chi connectivity index (χ4n) is 6.58. The molecule has 14 heteroatoms. The minimum Gasteiger partial charge on any atom is -0.444 e. The number of hydrogen-bond donors (Lipinski definition) is 3. The van der Waals surface area contributed by atoms with E-state index in [1.54, 1.807) is 17.0 Å². The molecule has 50 heavy (non-hydrogen) atoms. The number of hydrogen-bond acceptors (Lipinski definition) is 10. The van der Waals surface area contributed by atoms with E-state index in [1.165, 1.54) is 16.4 Å². The number of anilines is 3. The lowest BCUT2D eigenvalue weighted by Crippen LogP contribution is -2.60. The number of piperazine rings is 1. The van der Waals surface area contributed by atoms with Gasteiger partial charge in [0, 0.05) is 37.4 Å². The Morgan fingerprint density at radius 1 is 1.16 bits per heavy atom. The SMILES string of the molecule is Cc1cc(CN(C)C)cc(C(C)C)c1N1c2nc(-c3c(N)cccc3F)c(Cl)cc2C(N2CC(C)N(C(=O)OC(C)(C)C)CC2C)=NS1(O)O. The average molecular weight is 730 g/mol. The second kappa shape index (κ2) is 13.8. The Bertz CT molecular complexity index is 1810. The van der Waals surface area contributed by atoms with Crippen LogP contribution in [0.25, 0.3) is 11.3 Å². The van der Waals surface area contributed by atoms with Crippen molar-refractivity contribution in [2.24, 2.45) is 4.40 Å². The number of amides is 1. The summed E-state index contributed by atoms with van der Waals surface area (Å²) >= 11 is 6.91. The largest absolute Gasteiger partial charge is 0.444 e. The summed E-state index contributed by atoms with van der Waals surface area (Å²) in [6.45, 7) is 16.6. The third-order valence-corrected chi connectivity index (χ3v) is 10.3. The number of ether oxygens (including phenoxy) is 1. The van der Waals surface area contributed by atoms with Crippen LogP contribution >= 0.6 is 22.6 Å². The maximum absolute atomic E-state index is 15.4. The minimum atomic E-state index is -4.00.